The Morgan fingerprint density at radius 2 is 2.14 bits per heavy atom. The van der Waals surface area contributed by atoms with Crippen molar-refractivity contribution in [2.24, 2.45) is 11.7 Å². The highest BCUT2D eigenvalue weighted by atomic mass is 79.9. The van der Waals surface area contributed by atoms with Crippen molar-refractivity contribution in [3.05, 3.63) is 33.3 Å². The van der Waals surface area contributed by atoms with Crippen molar-refractivity contribution >= 4 is 27.5 Å². The van der Waals surface area contributed by atoms with Gasteiger partial charge in [0.25, 0.3) is 0 Å². The Kier molecular flexibility index (Phi) is 3.15. The van der Waals surface area contributed by atoms with Crippen LogP contribution in [0, 0.1) is 5.92 Å². The van der Waals surface area contributed by atoms with E-state index in [1.807, 2.05) is 18.2 Å². The Morgan fingerprint density at radius 1 is 1.43 bits per heavy atom. The zero-order valence-corrected chi connectivity index (χ0v) is 10.2. The fourth-order valence-corrected chi connectivity index (χ4v) is 2.77. The van der Waals surface area contributed by atoms with Crippen LogP contribution in [0.3, 0.4) is 0 Å². The van der Waals surface area contributed by atoms with E-state index in [-0.39, 0.29) is 6.04 Å². The molecule has 1 atom stereocenters. The third kappa shape index (κ3) is 1.97. The van der Waals surface area contributed by atoms with Crippen LogP contribution >= 0.6 is 27.5 Å². The van der Waals surface area contributed by atoms with Crippen LogP contribution in [0.2, 0.25) is 5.02 Å². The van der Waals surface area contributed by atoms with Gasteiger partial charge in [0, 0.05) is 15.5 Å². The van der Waals surface area contributed by atoms with Gasteiger partial charge in [-0.05, 0) is 36.5 Å². The summed E-state index contributed by atoms with van der Waals surface area (Å²) < 4.78 is 1.03. The number of hydrogen-bond acceptors (Lipinski definition) is 1. The summed E-state index contributed by atoms with van der Waals surface area (Å²) in [6.45, 7) is 0. The Hall–Kier alpha value is -0.0500. The highest BCUT2D eigenvalue weighted by molar-refractivity contribution is 9.10. The summed E-state index contributed by atoms with van der Waals surface area (Å²) in [5, 5.41) is 0.751. The minimum absolute atomic E-state index is 0.162. The molecule has 0 unspecified atom stereocenters. The Bertz CT molecular complexity index is 336. The van der Waals surface area contributed by atoms with Gasteiger partial charge in [-0.1, -0.05) is 40.0 Å². The van der Waals surface area contributed by atoms with Gasteiger partial charge in [-0.2, -0.15) is 0 Å². The summed E-state index contributed by atoms with van der Waals surface area (Å²) in [4.78, 5) is 0. The van der Waals surface area contributed by atoms with Gasteiger partial charge in [0.1, 0.15) is 0 Å². The molecule has 14 heavy (non-hydrogen) atoms. The van der Waals surface area contributed by atoms with Crippen LogP contribution in [-0.2, 0) is 0 Å². The summed E-state index contributed by atoms with van der Waals surface area (Å²) in [6, 6.07) is 6.00. The lowest BCUT2D eigenvalue weighted by Crippen LogP contribution is -2.27. The van der Waals surface area contributed by atoms with Crippen LogP contribution in [-0.4, -0.2) is 0 Å². The molecule has 3 heteroatoms. The fourth-order valence-electron chi connectivity index (χ4n) is 1.82. The summed E-state index contributed by atoms with van der Waals surface area (Å²) in [7, 11) is 0. The van der Waals surface area contributed by atoms with Crippen molar-refractivity contribution in [1.29, 1.82) is 0 Å². The van der Waals surface area contributed by atoms with E-state index in [0.29, 0.717) is 5.92 Å². The molecule has 2 N–H and O–H groups in total. The predicted octanol–water partition coefficient (Wildman–Crippen LogP) is 3.90. The second-order valence-electron chi connectivity index (χ2n) is 3.88. The van der Waals surface area contributed by atoms with Crippen LogP contribution < -0.4 is 5.73 Å². The molecule has 0 spiro atoms. The molecule has 0 aliphatic heterocycles. The van der Waals surface area contributed by atoms with E-state index >= 15 is 0 Å². The SMILES string of the molecule is N[C@@H](c1ccc(Cl)cc1Br)C1CCC1. The van der Waals surface area contributed by atoms with Gasteiger partial charge in [-0.3, -0.25) is 0 Å². The zero-order valence-electron chi connectivity index (χ0n) is 7.84. The van der Waals surface area contributed by atoms with E-state index in [0.717, 1.165) is 9.50 Å². The van der Waals surface area contributed by atoms with Gasteiger partial charge in [-0.25, -0.2) is 0 Å². The first-order valence-corrected chi connectivity index (χ1v) is 6.06. The van der Waals surface area contributed by atoms with Crippen LogP contribution in [0.4, 0.5) is 0 Å². The third-order valence-corrected chi connectivity index (χ3v) is 3.90. The van der Waals surface area contributed by atoms with Gasteiger partial charge in [0.2, 0.25) is 0 Å². The molecule has 2 rings (SSSR count). The Labute approximate surface area is 97.8 Å². The molecule has 0 heterocycles. The van der Waals surface area contributed by atoms with Crippen molar-refractivity contribution in [2.45, 2.75) is 25.3 Å². The highest BCUT2D eigenvalue weighted by Crippen LogP contribution is 2.38. The highest BCUT2D eigenvalue weighted by Gasteiger charge is 2.26. The van der Waals surface area contributed by atoms with Gasteiger partial charge < -0.3 is 5.73 Å². The first-order chi connectivity index (χ1) is 6.68. The molecule has 76 valence electrons. The zero-order chi connectivity index (χ0) is 10.1. The lowest BCUT2D eigenvalue weighted by Gasteiger charge is -2.32. The Morgan fingerprint density at radius 3 is 2.64 bits per heavy atom. The van der Waals surface area contributed by atoms with Crippen molar-refractivity contribution < 1.29 is 0 Å². The van der Waals surface area contributed by atoms with E-state index in [4.69, 9.17) is 17.3 Å². The standard InChI is InChI=1S/C11H13BrClN/c12-10-6-8(13)4-5-9(10)11(14)7-2-1-3-7/h4-7,11H,1-3,14H2/t11-/m1/s1. The first-order valence-electron chi connectivity index (χ1n) is 4.89. The average molecular weight is 275 g/mol. The smallest absolute Gasteiger partial charge is 0.0417 e. The van der Waals surface area contributed by atoms with Gasteiger partial charge in [0.05, 0.1) is 0 Å². The number of hydrogen-bond donors (Lipinski definition) is 1. The molecule has 1 aliphatic rings. The lowest BCUT2D eigenvalue weighted by atomic mass is 9.78. The molecule has 1 nitrogen and oxygen atoms in total. The second kappa shape index (κ2) is 4.21. The lowest BCUT2D eigenvalue weighted by molar-refractivity contribution is 0.264. The van der Waals surface area contributed by atoms with Crippen LogP contribution in [0.25, 0.3) is 0 Å². The average Bonchev–Trinajstić information content (AvgIpc) is 2.00. The van der Waals surface area contributed by atoms with Crippen LogP contribution in [0.15, 0.2) is 22.7 Å². The molecule has 0 bridgehead atoms. The first kappa shape index (κ1) is 10.5. The number of nitrogens with two attached hydrogens (primary N) is 1. The summed E-state index contributed by atoms with van der Waals surface area (Å²) in [5.74, 6) is 0.660. The van der Waals surface area contributed by atoms with Crippen molar-refractivity contribution in [3.63, 3.8) is 0 Å². The second-order valence-corrected chi connectivity index (χ2v) is 5.17. The fraction of sp³-hybridized carbons (Fsp3) is 0.455. The summed E-state index contributed by atoms with van der Waals surface area (Å²) in [6.07, 6.45) is 3.84. The maximum Gasteiger partial charge on any atom is 0.0417 e. The number of halogens is 2. The molecule has 1 aliphatic carbocycles. The van der Waals surface area contributed by atoms with E-state index in [2.05, 4.69) is 15.9 Å². The molecule has 1 aromatic rings. The van der Waals surface area contributed by atoms with Crippen LogP contribution in [0.5, 0.6) is 0 Å². The molecule has 0 amide bonds. The van der Waals surface area contributed by atoms with Crippen LogP contribution in [0.1, 0.15) is 30.9 Å². The number of benzene rings is 1. The van der Waals surface area contributed by atoms with E-state index in [1.165, 1.54) is 24.8 Å². The molecule has 0 radical (unpaired) electrons. The summed E-state index contributed by atoms with van der Waals surface area (Å²) >= 11 is 9.38. The third-order valence-electron chi connectivity index (χ3n) is 2.98. The maximum atomic E-state index is 6.18. The van der Waals surface area contributed by atoms with Gasteiger partial charge in [0.15, 0.2) is 0 Å². The topological polar surface area (TPSA) is 26.0 Å². The molecular weight excluding hydrogens is 261 g/mol. The molecule has 1 saturated carbocycles. The van der Waals surface area contributed by atoms with Crippen molar-refractivity contribution in [1.82, 2.24) is 0 Å². The van der Waals surface area contributed by atoms with Gasteiger partial charge >= 0.3 is 0 Å². The summed E-state index contributed by atoms with van der Waals surface area (Å²) in [5.41, 5.74) is 7.36. The maximum absolute atomic E-state index is 6.18. The monoisotopic (exact) mass is 273 g/mol. The Balaban J connectivity index is 2.22. The largest absolute Gasteiger partial charge is 0.324 e. The van der Waals surface area contributed by atoms with Crippen molar-refractivity contribution in [2.75, 3.05) is 0 Å². The molecule has 0 saturated heterocycles. The van der Waals surface area contributed by atoms with E-state index in [1.54, 1.807) is 0 Å². The minimum atomic E-state index is 0.162. The molecule has 1 fully saturated rings. The van der Waals surface area contributed by atoms with E-state index in [9.17, 15) is 0 Å². The quantitative estimate of drug-likeness (QED) is 0.869. The molecular formula is C11H13BrClN. The van der Waals surface area contributed by atoms with Crippen molar-refractivity contribution in [3.8, 4) is 0 Å². The molecule has 0 aromatic heterocycles. The number of rotatable bonds is 2. The minimum Gasteiger partial charge on any atom is -0.324 e. The van der Waals surface area contributed by atoms with E-state index < -0.39 is 0 Å². The normalized spacial score (nSPS) is 19.1. The molecule has 1 aromatic carbocycles. The van der Waals surface area contributed by atoms with Gasteiger partial charge in [-0.15, -0.1) is 0 Å². The predicted molar refractivity (Wildman–Crippen MR) is 63.4 cm³/mol.